The third kappa shape index (κ3) is 3.10. The van der Waals surface area contributed by atoms with Crippen LogP contribution in [0.15, 0.2) is 35.7 Å². The van der Waals surface area contributed by atoms with Crippen molar-refractivity contribution in [1.82, 2.24) is 4.57 Å². The molecule has 24 heavy (non-hydrogen) atoms. The molecule has 0 radical (unpaired) electrons. The first-order valence-corrected chi connectivity index (χ1v) is 8.76. The number of nitrogens with zero attached hydrogens (tertiary/aromatic N) is 1. The van der Waals surface area contributed by atoms with E-state index in [1.165, 1.54) is 0 Å². The Hall–Kier alpha value is -2.47. The fourth-order valence-electron chi connectivity index (χ4n) is 2.60. The van der Waals surface area contributed by atoms with Crippen molar-refractivity contribution in [2.75, 3.05) is 18.5 Å². The first-order chi connectivity index (χ1) is 11.6. The van der Waals surface area contributed by atoms with Gasteiger partial charge in [0.15, 0.2) is 0 Å². The topological polar surface area (TPSA) is 52.5 Å². The summed E-state index contributed by atoms with van der Waals surface area (Å²) in [5.41, 5.74) is 2.27. The molecule has 1 amide bonds. The lowest BCUT2D eigenvalue weighted by Crippen LogP contribution is -2.16. The summed E-state index contributed by atoms with van der Waals surface area (Å²) in [5.74, 6) is 1.16. The van der Waals surface area contributed by atoms with Crippen LogP contribution in [0.5, 0.6) is 11.5 Å². The van der Waals surface area contributed by atoms with E-state index in [-0.39, 0.29) is 5.91 Å². The molecule has 0 atom stereocenters. The number of hydrogen-bond donors (Lipinski definition) is 1. The van der Waals surface area contributed by atoms with Gasteiger partial charge in [-0.3, -0.25) is 4.79 Å². The second-order valence-electron chi connectivity index (χ2n) is 5.24. The number of aryl methyl sites for hydroxylation is 1. The zero-order valence-corrected chi connectivity index (χ0v) is 14.8. The van der Waals surface area contributed by atoms with Gasteiger partial charge in [0.1, 0.15) is 17.2 Å². The zero-order chi connectivity index (χ0) is 17.1. The Labute approximate surface area is 144 Å². The van der Waals surface area contributed by atoms with Crippen molar-refractivity contribution < 1.29 is 14.3 Å². The van der Waals surface area contributed by atoms with Crippen LogP contribution in [-0.4, -0.2) is 23.7 Å². The molecule has 3 aromatic rings. The third-order valence-electron chi connectivity index (χ3n) is 3.71. The molecule has 0 aliphatic rings. The summed E-state index contributed by atoms with van der Waals surface area (Å²) in [7, 11) is 1.89. The van der Waals surface area contributed by atoms with Crippen molar-refractivity contribution in [2.24, 2.45) is 7.05 Å². The smallest absolute Gasteiger partial charge is 0.272 e. The third-order valence-corrected chi connectivity index (χ3v) is 4.56. The van der Waals surface area contributed by atoms with Crippen molar-refractivity contribution in [1.29, 1.82) is 0 Å². The maximum atomic E-state index is 12.7. The first kappa shape index (κ1) is 16.4. The van der Waals surface area contributed by atoms with Gasteiger partial charge >= 0.3 is 0 Å². The van der Waals surface area contributed by atoms with Gasteiger partial charge in [-0.15, -0.1) is 11.3 Å². The molecule has 0 aliphatic heterocycles. The normalized spacial score (nSPS) is 10.8. The molecule has 0 spiro atoms. The lowest BCUT2D eigenvalue weighted by molar-refractivity contribution is 0.101. The molecule has 0 fully saturated rings. The van der Waals surface area contributed by atoms with E-state index in [2.05, 4.69) is 5.32 Å². The van der Waals surface area contributed by atoms with Crippen molar-refractivity contribution in [2.45, 2.75) is 13.8 Å². The van der Waals surface area contributed by atoms with E-state index in [4.69, 9.17) is 9.47 Å². The summed E-state index contributed by atoms with van der Waals surface area (Å²) >= 11 is 1.62. The molecule has 0 saturated heterocycles. The van der Waals surface area contributed by atoms with Gasteiger partial charge in [0.25, 0.3) is 5.91 Å². The van der Waals surface area contributed by atoms with Gasteiger partial charge in [-0.1, -0.05) is 0 Å². The number of fused-ring (bicyclic) bond motifs is 1. The average molecular weight is 344 g/mol. The standard InChI is InChI=1S/C18H20N2O3S/c1-4-22-12-6-7-16(23-5-2)13(10-12)19-18(21)15-11-17-14(20(15)3)8-9-24-17/h6-11H,4-5H2,1-3H3,(H,19,21). The number of hydrogen-bond acceptors (Lipinski definition) is 4. The highest BCUT2D eigenvalue weighted by Crippen LogP contribution is 2.31. The Morgan fingerprint density at radius 2 is 1.96 bits per heavy atom. The monoisotopic (exact) mass is 344 g/mol. The second-order valence-corrected chi connectivity index (χ2v) is 6.18. The number of amides is 1. The van der Waals surface area contributed by atoms with Crippen LogP contribution in [0.3, 0.4) is 0 Å². The molecule has 126 valence electrons. The summed E-state index contributed by atoms with van der Waals surface area (Å²) < 4.78 is 14.1. The van der Waals surface area contributed by atoms with Gasteiger partial charge in [-0.2, -0.15) is 0 Å². The highest BCUT2D eigenvalue weighted by molar-refractivity contribution is 7.17. The molecule has 0 aliphatic carbocycles. The summed E-state index contributed by atoms with van der Waals surface area (Å²) in [6.45, 7) is 4.92. The Kier molecular flexibility index (Phi) is 4.76. The minimum absolute atomic E-state index is 0.171. The van der Waals surface area contributed by atoms with Gasteiger partial charge in [-0.05, 0) is 43.5 Å². The zero-order valence-electron chi connectivity index (χ0n) is 14.0. The quantitative estimate of drug-likeness (QED) is 0.726. The minimum Gasteiger partial charge on any atom is -0.494 e. The average Bonchev–Trinajstić information content (AvgIpc) is 3.13. The molecular formula is C18H20N2O3S. The van der Waals surface area contributed by atoms with Crippen molar-refractivity contribution in [3.63, 3.8) is 0 Å². The number of carbonyl (C=O) groups excluding carboxylic acids is 1. The number of rotatable bonds is 6. The molecule has 2 aromatic heterocycles. The number of nitrogens with one attached hydrogen (secondary N) is 1. The molecule has 2 heterocycles. The van der Waals surface area contributed by atoms with E-state index < -0.39 is 0 Å². The van der Waals surface area contributed by atoms with Gasteiger partial charge in [0.05, 0.1) is 29.1 Å². The molecular weight excluding hydrogens is 324 g/mol. The number of anilines is 1. The van der Waals surface area contributed by atoms with Crippen LogP contribution in [0, 0.1) is 0 Å². The molecule has 1 aromatic carbocycles. The predicted octanol–water partition coefficient (Wildman–Crippen LogP) is 4.29. The predicted molar refractivity (Wildman–Crippen MR) is 97.5 cm³/mol. The maximum Gasteiger partial charge on any atom is 0.272 e. The number of aromatic nitrogens is 1. The minimum atomic E-state index is -0.171. The van der Waals surface area contributed by atoms with E-state index in [1.807, 2.05) is 55.1 Å². The van der Waals surface area contributed by atoms with Crippen molar-refractivity contribution in [3.8, 4) is 11.5 Å². The summed E-state index contributed by atoms with van der Waals surface area (Å²) in [6, 6.07) is 9.36. The lowest BCUT2D eigenvalue weighted by atomic mass is 10.2. The van der Waals surface area contributed by atoms with E-state index >= 15 is 0 Å². The summed E-state index contributed by atoms with van der Waals surface area (Å²) in [4.78, 5) is 12.7. The van der Waals surface area contributed by atoms with E-state index in [0.717, 1.165) is 10.2 Å². The van der Waals surface area contributed by atoms with Gasteiger partial charge in [-0.25, -0.2) is 0 Å². The first-order valence-electron chi connectivity index (χ1n) is 7.88. The number of ether oxygens (including phenoxy) is 2. The summed E-state index contributed by atoms with van der Waals surface area (Å²) in [6.07, 6.45) is 0. The Bertz CT molecular complexity index is 866. The highest BCUT2D eigenvalue weighted by atomic mass is 32.1. The number of thiophene rings is 1. The van der Waals surface area contributed by atoms with Crippen LogP contribution in [-0.2, 0) is 7.05 Å². The SMILES string of the molecule is CCOc1ccc(OCC)c(NC(=O)c2cc3sccc3n2C)c1. The summed E-state index contributed by atoms with van der Waals surface area (Å²) in [5, 5.41) is 4.96. The van der Waals surface area contributed by atoms with Gasteiger partial charge < -0.3 is 19.4 Å². The molecule has 6 heteroatoms. The van der Waals surface area contributed by atoms with Gasteiger partial charge in [0, 0.05) is 13.1 Å². The van der Waals surface area contributed by atoms with E-state index in [0.29, 0.717) is 36.1 Å². The molecule has 0 unspecified atom stereocenters. The van der Waals surface area contributed by atoms with Crippen LogP contribution in [0.4, 0.5) is 5.69 Å². The molecule has 5 nitrogen and oxygen atoms in total. The number of benzene rings is 1. The van der Waals surface area contributed by atoms with Crippen LogP contribution in [0.25, 0.3) is 10.2 Å². The molecule has 0 saturated carbocycles. The highest BCUT2D eigenvalue weighted by Gasteiger charge is 2.16. The van der Waals surface area contributed by atoms with Crippen molar-refractivity contribution in [3.05, 3.63) is 41.4 Å². The van der Waals surface area contributed by atoms with Crippen LogP contribution in [0.1, 0.15) is 24.3 Å². The fourth-order valence-corrected chi connectivity index (χ4v) is 3.45. The van der Waals surface area contributed by atoms with Crippen molar-refractivity contribution >= 4 is 33.1 Å². The largest absolute Gasteiger partial charge is 0.494 e. The van der Waals surface area contributed by atoms with E-state index in [9.17, 15) is 4.79 Å². The number of carbonyl (C=O) groups is 1. The lowest BCUT2D eigenvalue weighted by Gasteiger charge is -2.14. The Morgan fingerprint density at radius 3 is 2.67 bits per heavy atom. The van der Waals surface area contributed by atoms with Crippen LogP contribution in [0.2, 0.25) is 0 Å². The van der Waals surface area contributed by atoms with Crippen LogP contribution >= 0.6 is 11.3 Å². The molecule has 3 rings (SSSR count). The van der Waals surface area contributed by atoms with E-state index in [1.54, 1.807) is 17.4 Å². The van der Waals surface area contributed by atoms with Crippen LogP contribution < -0.4 is 14.8 Å². The molecule has 0 bridgehead atoms. The Morgan fingerprint density at radius 1 is 1.17 bits per heavy atom. The van der Waals surface area contributed by atoms with Gasteiger partial charge in [0.2, 0.25) is 0 Å². The Balaban J connectivity index is 1.90. The maximum absolute atomic E-state index is 12.7. The molecule has 1 N–H and O–H groups in total. The fraction of sp³-hybridized carbons (Fsp3) is 0.278. The second kappa shape index (κ2) is 6.97.